The maximum Gasteiger partial charge on any atom is 0.417 e. The van der Waals surface area contributed by atoms with Crippen molar-refractivity contribution in [2.45, 2.75) is 19.1 Å². The number of alkyl halides is 3. The van der Waals surface area contributed by atoms with Crippen LogP contribution >= 0.6 is 11.6 Å². The van der Waals surface area contributed by atoms with Crippen molar-refractivity contribution >= 4 is 23.2 Å². The fourth-order valence-corrected chi connectivity index (χ4v) is 2.54. The normalized spacial score (nSPS) is 11.3. The summed E-state index contributed by atoms with van der Waals surface area (Å²) >= 11 is 5.55. The Labute approximate surface area is 154 Å². The second kappa shape index (κ2) is 8.91. The molecule has 4 nitrogen and oxygen atoms in total. The highest BCUT2D eigenvalue weighted by Crippen LogP contribution is 2.36. The van der Waals surface area contributed by atoms with Crippen LogP contribution in [0.15, 0.2) is 42.5 Å². The van der Waals surface area contributed by atoms with Gasteiger partial charge < -0.3 is 15.4 Å². The number of methoxy groups -OCH3 is 1. The Kier molecular flexibility index (Phi) is 6.88. The highest BCUT2D eigenvalue weighted by Gasteiger charge is 2.33. The van der Waals surface area contributed by atoms with Crippen LogP contribution in [0.5, 0.6) is 5.75 Å². The summed E-state index contributed by atoms with van der Waals surface area (Å²) in [5.41, 5.74) is 0.0191. The predicted molar refractivity (Wildman–Crippen MR) is 94.4 cm³/mol. The Morgan fingerprint density at radius 1 is 1.19 bits per heavy atom. The van der Waals surface area contributed by atoms with Gasteiger partial charge in [0.1, 0.15) is 5.75 Å². The molecule has 0 aliphatic carbocycles. The van der Waals surface area contributed by atoms with E-state index >= 15 is 0 Å². The van der Waals surface area contributed by atoms with Crippen LogP contribution in [0.2, 0.25) is 5.02 Å². The molecule has 0 aliphatic heterocycles. The first-order valence-electron chi connectivity index (χ1n) is 7.80. The van der Waals surface area contributed by atoms with Crippen molar-refractivity contribution < 1.29 is 22.7 Å². The summed E-state index contributed by atoms with van der Waals surface area (Å²) in [6.45, 7) is 0.875. The quantitative estimate of drug-likeness (QED) is 0.689. The van der Waals surface area contributed by atoms with Gasteiger partial charge in [-0.25, -0.2) is 0 Å². The number of anilines is 1. The van der Waals surface area contributed by atoms with E-state index in [9.17, 15) is 18.0 Å². The Balaban J connectivity index is 1.84. The number of ether oxygens (including phenoxy) is 1. The van der Waals surface area contributed by atoms with Gasteiger partial charge in [0.05, 0.1) is 17.7 Å². The SMILES string of the molecule is COc1ccccc1CNCCC(=O)Nc1ccc(Cl)c(C(F)(F)F)c1. The van der Waals surface area contributed by atoms with Crippen LogP contribution in [0.4, 0.5) is 18.9 Å². The molecular formula is C18H18ClF3N2O2. The van der Waals surface area contributed by atoms with Crippen molar-refractivity contribution in [2.75, 3.05) is 19.0 Å². The fourth-order valence-electron chi connectivity index (χ4n) is 2.32. The van der Waals surface area contributed by atoms with Gasteiger partial charge in [0, 0.05) is 30.8 Å². The molecule has 0 heterocycles. The van der Waals surface area contributed by atoms with Gasteiger partial charge in [0.15, 0.2) is 0 Å². The molecule has 0 saturated heterocycles. The van der Waals surface area contributed by atoms with Crippen LogP contribution in [0.25, 0.3) is 0 Å². The minimum atomic E-state index is -4.58. The molecule has 2 N–H and O–H groups in total. The van der Waals surface area contributed by atoms with Gasteiger partial charge in [-0.1, -0.05) is 29.8 Å². The zero-order chi connectivity index (χ0) is 19.2. The topological polar surface area (TPSA) is 50.4 Å². The summed E-state index contributed by atoms with van der Waals surface area (Å²) < 4.78 is 43.7. The fraction of sp³-hybridized carbons (Fsp3) is 0.278. The van der Waals surface area contributed by atoms with E-state index in [-0.39, 0.29) is 12.1 Å². The number of benzene rings is 2. The molecule has 0 bridgehead atoms. The predicted octanol–water partition coefficient (Wildman–Crippen LogP) is 4.49. The third kappa shape index (κ3) is 5.64. The first kappa shape index (κ1) is 20.1. The number of nitrogens with one attached hydrogen (secondary N) is 2. The van der Waals surface area contributed by atoms with Gasteiger partial charge in [-0.3, -0.25) is 4.79 Å². The molecule has 0 atom stereocenters. The van der Waals surface area contributed by atoms with Crippen LogP contribution in [-0.4, -0.2) is 19.6 Å². The minimum Gasteiger partial charge on any atom is -0.496 e. The molecule has 26 heavy (non-hydrogen) atoms. The third-order valence-corrected chi connectivity index (χ3v) is 3.92. The van der Waals surface area contributed by atoms with Gasteiger partial charge in [-0.15, -0.1) is 0 Å². The molecule has 0 fully saturated rings. The summed E-state index contributed by atoms with van der Waals surface area (Å²) in [5.74, 6) is 0.346. The molecule has 140 valence electrons. The monoisotopic (exact) mass is 386 g/mol. The number of hydrogen-bond donors (Lipinski definition) is 2. The molecule has 2 aromatic carbocycles. The van der Waals surface area contributed by atoms with E-state index in [0.29, 0.717) is 13.1 Å². The second-order valence-electron chi connectivity index (χ2n) is 5.48. The molecular weight excluding hydrogens is 369 g/mol. The largest absolute Gasteiger partial charge is 0.496 e. The lowest BCUT2D eigenvalue weighted by molar-refractivity contribution is -0.137. The lowest BCUT2D eigenvalue weighted by Gasteiger charge is -2.12. The number of halogens is 4. The van der Waals surface area contributed by atoms with Gasteiger partial charge in [-0.05, 0) is 24.3 Å². The van der Waals surface area contributed by atoms with Crippen LogP contribution in [0.3, 0.4) is 0 Å². The van der Waals surface area contributed by atoms with E-state index in [1.165, 1.54) is 6.07 Å². The number of rotatable bonds is 7. The van der Waals surface area contributed by atoms with E-state index in [1.807, 2.05) is 24.3 Å². The number of carbonyl (C=O) groups is 1. The van der Waals surface area contributed by atoms with Crippen molar-refractivity contribution in [3.8, 4) is 5.75 Å². The van der Waals surface area contributed by atoms with E-state index < -0.39 is 22.7 Å². The molecule has 0 aromatic heterocycles. The lowest BCUT2D eigenvalue weighted by atomic mass is 10.2. The number of para-hydroxylation sites is 1. The zero-order valence-electron chi connectivity index (χ0n) is 14.0. The van der Waals surface area contributed by atoms with E-state index in [0.717, 1.165) is 23.4 Å². The smallest absolute Gasteiger partial charge is 0.417 e. The molecule has 1 amide bonds. The van der Waals surface area contributed by atoms with Crippen LogP contribution in [-0.2, 0) is 17.5 Å². The number of amides is 1. The van der Waals surface area contributed by atoms with Crippen molar-refractivity contribution in [1.82, 2.24) is 5.32 Å². The standard InChI is InChI=1S/C18H18ClF3N2O2/c1-26-16-5-3-2-4-12(16)11-23-9-8-17(25)24-13-6-7-15(19)14(10-13)18(20,21)22/h2-7,10,23H,8-9,11H2,1H3,(H,24,25). The highest BCUT2D eigenvalue weighted by molar-refractivity contribution is 6.31. The van der Waals surface area contributed by atoms with Crippen molar-refractivity contribution in [2.24, 2.45) is 0 Å². The average Bonchev–Trinajstić information content (AvgIpc) is 2.59. The molecule has 2 aromatic rings. The van der Waals surface area contributed by atoms with Gasteiger partial charge in [0.25, 0.3) is 0 Å². The Bertz CT molecular complexity index is 766. The Morgan fingerprint density at radius 3 is 2.62 bits per heavy atom. The summed E-state index contributed by atoms with van der Waals surface area (Å²) in [6, 6.07) is 10.7. The van der Waals surface area contributed by atoms with Gasteiger partial charge in [0.2, 0.25) is 5.91 Å². The molecule has 8 heteroatoms. The maximum atomic E-state index is 12.8. The summed E-state index contributed by atoms with van der Waals surface area (Å²) in [6.07, 6.45) is -4.47. The first-order valence-corrected chi connectivity index (χ1v) is 8.18. The molecule has 0 spiro atoms. The van der Waals surface area contributed by atoms with Crippen molar-refractivity contribution in [1.29, 1.82) is 0 Å². The summed E-state index contributed by atoms with van der Waals surface area (Å²) in [4.78, 5) is 11.9. The van der Waals surface area contributed by atoms with E-state index in [4.69, 9.17) is 16.3 Å². The highest BCUT2D eigenvalue weighted by atomic mass is 35.5. The van der Waals surface area contributed by atoms with E-state index in [1.54, 1.807) is 7.11 Å². The Morgan fingerprint density at radius 2 is 1.92 bits per heavy atom. The Hall–Kier alpha value is -2.25. The minimum absolute atomic E-state index is 0.0523. The molecule has 0 saturated carbocycles. The summed E-state index contributed by atoms with van der Waals surface area (Å²) in [7, 11) is 1.58. The molecule has 0 unspecified atom stereocenters. The molecule has 2 rings (SSSR count). The zero-order valence-corrected chi connectivity index (χ0v) is 14.7. The lowest BCUT2D eigenvalue weighted by Crippen LogP contribution is -2.22. The molecule has 0 radical (unpaired) electrons. The van der Waals surface area contributed by atoms with Crippen molar-refractivity contribution in [3.05, 3.63) is 58.6 Å². The third-order valence-electron chi connectivity index (χ3n) is 3.59. The maximum absolute atomic E-state index is 12.8. The first-order chi connectivity index (χ1) is 12.3. The van der Waals surface area contributed by atoms with Gasteiger partial charge in [-0.2, -0.15) is 13.2 Å². The van der Waals surface area contributed by atoms with Crippen LogP contribution in [0, 0.1) is 0 Å². The van der Waals surface area contributed by atoms with Crippen molar-refractivity contribution in [3.63, 3.8) is 0 Å². The average molecular weight is 387 g/mol. The van der Waals surface area contributed by atoms with Gasteiger partial charge >= 0.3 is 6.18 Å². The number of carbonyl (C=O) groups excluding carboxylic acids is 1. The number of hydrogen-bond acceptors (Lipinski definition) is 3. The van der Waals surface area contributed by atoms with Crippen LogP contribution in [0.1, 0.15) is 17.5 Å². The summed E-state index contributed by atoms with van der Waals surface area (Å²) in [5, 5.41) is 5.13. The second-order valence-corrected chi connectivity index (χ2v) is 5.89. The van der Waals surface area contributed by atoms with Crippen LogP contribution < -0.4 is 15.4 Å². The van der Waals surface area contributed by atoms with E-state index in [2.05, 4.69) is 10.6 Å². The molecule has 0 aliphatic rings.